The van der Waals surface area contributed by atoms with Crippen LogP contribution in [0.3, 0.4) is 0 Å². The molecule has 1 heterocycles. The van der Waals surface area contributed by atoms with Crippen molar-refractivity contribution in [2.24, 2.45) is 5.73 Å². The highest BCUT2D eigenvalue weighted by atomic mass is 16.5. The van der Waals surface area contributed by atoms with Crippen molar-refractivity contribution in [1.82, 2.24) is 0 Å². The van der Waals surface area contributed by atoms with Crippen LogP contribution in [0.5, 0.6) is 11.5 Å². The number of aliphatic carboxylic acids is 1. The smallest absolute Gasteiger partial charge is 0.325 e. The van der Waals surface area contributed by atoms with Gasteiger partial charge in [0, 0.05) is 18.1 Å². The number of carboxylic acids is 1. The Bertz CT molecular complexity index is 458. The first-order valence-electron chi connectivity index (χ1n) is 5.38. The van der Waals surface area contributed by atoms with Gasteiger partial charge in [0.15, 0.2) is 0 Å². The number of hydrogen-bond acceptors (Lipinski definition) is 4. The van der Waals surface area contributed by atoms with Crippen molar-refractivity contribution in [1.29, 1.82) is 0 Å². The van der Waals surface area contributed by atoms with Gasteiger partial charge in [0.25, 0.3) is 0 Å². The molecule has 17 heavy (non-hydrogen) atoms. The molecule has 1 aromatic rings. The van der Waals surface area contributed by atoms with Crippen LogP contribution in [-0.4, -0.2) is 24.3 Å². The van der Waals surface area contributed by atoms with Gasteiger partial charge in [-0.2, -0.15) is 0 Å². The maximum absolute atomic E-state index is 10.9. The van der Waals surface area contributed by atoms with E-state index in [1.165, 1.54) is 7.11 Å². The first kappa shape index (κ1) is 11.7. The Kier molecular flexibility index (Phi) is 2.93. The highest BCUT2D eigenvalue weighted by molar-refractivity contribution is 5.77. The molecule has 3 N–H and O–H groups in total. The van der Waals surface area contributed by atoms with Crippen LogP contribution in [0, 0.1) is 0 Å². The van der Waals surface area contributed by atoms with E-state index < -0.39 is 12.0 Å². The second kappa shape index (κ2) is 4.25. The predicted octanol–water partition coefficient (Wildman–Crippen LogP) is 1.10. The minimum absolute atomic E-state index is 0.103. The molecule has 5 heteroatoms. The van der Waals surface area contributed by atoms with Crippen molar-refractivity contribution < 1.29 is 19.4 Å². The fourth-order valence-corrected chi connectivity index (χ4v) is 2.02. The van der Waals surface area contributed by atoms with E-state index in [0.29, 0.717) is 11.3 Å². The number of benzene rings is 1. The summed E-state index contributed by atoms with van der Waals surface area (Å²) in [4.78, 5) is 10.9. The quantitative estimate of drug-likeness (QED) is 0.822. The van der Waals surface area contributed by atoms with Gasteiger partial charge in [0.05, 0.1) is 7.11 Å². The number of carbonyl (C=O) groups is 1. The summed E-state index contributed by atoms with van der Waals surface area (Å²) < 4.78 is 10.7. The third-order valence-corrected chi connectivity index (χ3v) is 2.85. The highest BCUT2D eigenvalue weighted by Gasteiger charge is 2.26. The van der Waals surface area contributed by atoms with Crippen molar-refractivity contribution in [2.45, 2.75) is 25.5 Å². The Morgan fingerprint density at radius 3 is 2.94 bits per heavy atom. The molecule has 0 amide bonds. The molecule has 0 bridgehead atoms. The van der Waals surface area contributed by atoms with Crippen molar-refractivity contribution in [3.05, 3.63) is 23.3 Å². The summed E-state index contributed by atoms with van der Waals surface area (Å²) in [5.74, 6) is 0.124. The molecule has 92 valence electrons. The predicted molar refractivity (Wildman–Crippen MR) is 61.4 cm³/mol. The van der Waals surface area contributed by atoms with Gasteiger partial charge in [-0.25, -0.2) is 0 Å². The van der Waals surface area contributed by atoms with Gasteiger partial charge >= 0.3 is 5.97 Å². The van der Waals surface area contributed by atoms with Gasteiger partial charge in [0.2, 0.25) is 0 Å². The monoisotopic (exact) mass is 237 g/mol. The van der Waals surface area contributed by atoms with Gasteiger partial charge in [-0.15, -0.1) is 0 Å². The maximum atomic E-state index is 10.9. The number of carboxylic acid groups (broad SMARTS) is 1. The summed E-state index contributed by atoms with van der Waals surface area (Å²) in [5, 5.41) is 8.94. The highest BCUT2D eigenvalue weighted by Crippen LogP contribution is 2.37. The standard InChI is InChI=1S/C12H15NO4/c1-6-3-7-4-8(11(13)12(14)15)10(16-2)5-9(7)17-6/h4-6,11H,3,13H2,1-2H3,(H,14,15). The van der Waals surface area contributed by atoms with Gasteiger partial charge < -0.3 is 20.3 Å². The molecular weight excluding hydrogens is 222 g/mol. The second-order valence-electron chi connectivity index (χ2n) is 4.15. The zero-order chi connectivity index (χ0) is 12.6. The molecular formula is C12H15NO4. The van der Waals surface area contributed by atoms with E-state index in [0.717, 1.165) is 17.7 Å². The van der Waals surface area contributed by atoms with Gasteiger partial charge in [-0.05, 0) is 18.6 Å². The van der Waals surface area contributed by atoms with Crippen LogP contribution >= 0.6 is 0 Å². The number of fused-ring (bicyclic) bond motifs is 1. The molecule has 2 rings (SSSR count). The first-order valence-corrected chi connectivity index (χ1v) is 5.38. The van der Waals surface area contributed by atoms with Crippen molar-refractivity contribution in [3.63, 3.8) is 0 Å². The SMILES string of the molecule is COc1cc2c(cc1C(N)C(=O)O)CC(C)O2. The molecule has 0 spiro atoms. The Balaban J connectivity index is 2.46. The number of rotatable bonds is 3. The van der Waals surface area contributed by atoms with E-state index in [-0.39, 0.29) is 6.10 Å². The third kappa shape index (κ3) is 2.06. The van der Waals surface area contributed by atoms with Crippen LogP contribution in [0.4, 0.5) is 0 Å². The largest absolute Gasteiger partial charge is 0.496 e. The van der Waals surface area contributed by atoms with Gasteiger partial charge in [0.1, 0.15) is 23.6 Å². The summed E-state index contributed by atoms with van der Waals surface area (Å²) in [6, 6.07) is 2.39. The summed E-state index contributed by atoms with van der Waals surface area (Å²) in [6.45, 7) is 1.96. The molecule has 0 saturated heterocycles. The molecule has 0 radical (unpaired) electrons. The zero-order valence-electron chi connectivity index (χ0n) is 9.77. The van der Waals surface area contributed by atoms with Crippen molar-refractivity contribution >= 4 is 5.97 Å². The Morgan fingerprint density at radius 1 is 1.65 bits per heavy atom. The minimum atomic E-state index is -1.08. The fourth-order valence-electron chi connectivity index (χ4n) is 2.02. The van der Waals surface area contributed by atoms with Crippen molar-refractivity contribution in [3.8, 4) is 11.5 Å². The van der Waals surface area contributed by atoms with Crippen molar-refractivity contribution in [2.75, 3.05) is 7.11 Å². The van der Waals surface area contributed by atoms with Gasteiger partial charge in [-0.3, -0.25) is 4.79 Å². The number of ether oxygens (including phenoxy) is 2. The summed E-state index contributed by atoms with van der Waals surface area (Å²) >= 11 is 0. The molecule has 2 atom stereocenters. The Labute approximate surface area is 99.1 Å². The molecule has 1 aliphatic rings. The lowest BCUT2D eigenvalue weighted by atomic mass is 10.0. The minimum Gasteiger partial charge on any atom is -0.496 e. The van der Waals surface area contributed by atoms with Crippen LogP contribution < -0.4 is 15.2 Å². The second-order valence-corrected chi connectivity index (χ2v) is 4.15. The van der Waals surface area contributed by atoms with E-state index >= 15 is 0 Å². The van der Waals surface area contributed by atoms with E-state index in [1.807, 2.05) is 6.92 Å². The number of methoxy groups -OCH3 is 1. The number of hydrogen-bond donors (Lipinski definition) is 2. The van der Waals surface area contributed by atoms with Gasteiger partial charge in [-0.1, -0.05) is 0 Å². The molecule has 5 nitrogen and oxygen atoms in total. The Hall–Kier alpha value is -1.75. The number of nitrogens with two attached hydrogens (primary N) is 1. The molecule has 0 aromatic heterocycles. The zero-order valence-corrected chi connectivity index (χ0v) is 9.77. The fraction of sp³-hybridized carbons (Fsp3) is 0.417. The summed E-state index contributed by atoms with van der Waals surface area (Å²) in [7, 11) is 1.48. The van der Waals surface area contributed by atoms with E-state index in [4.69, 9.17) is 20.3 Å². The average Bonchev–Trinajstić information content (AvgIpc) is 2.65. The van der Waals surface area contributed by atoms with Crippen LogP contribution in [0.15, 0.2) is 12.1 Å². The normalized spacial score (nSPS) is 19.4. The average molecular weight is 237 g/mol. The molecule has 1 aliphatic heterocycles. The summed E-state index contributed by atoms with van der Waals surface area (Å²) in [5.41, 5.74) is 7.08. The lowest BCUT2D eigenvalue weighted by Crippen LogP contribution is -2.21. The van der Waals surface area contributed by atoms with Crippen LogP contribution in [0.25, 0.3) is 0 Å². The molecule has 2 unspecified atom stereocenters. The van der Waals surface area contributed by atoms with Crippen LogP contribution in [0.2, 0.25) is 0 Å². The molecule has 0 fully saturated rings. The molecule has 1 aromatic carbocycles. The van der Waals surface area contributed by atoms with E-state index in [2.05, 4.69) is 0 Å². The Morgan fingerprint density at radius 2 is 2.35 bits per heavy atom. The summed E-state index contributed by atoms with van der Waals surface area (Å²) in [6.07, 6.45) is 0.865. The van der Waals surface area contributed by atoms with Crippen LogP contribution in [0.1, 0.15) is 24.1 Å². The van der Waals surface area contributed by atoms with E-state index in [9.17, 15) is 4.79 Å². The third-order valence-electron chi connectivity index (χ3n) is 2.85. The lowest BCUT2D eigenvalue weighted by molar-refractivity contribution is -0.138. The first-order chi connectivity index (χ1) is 8.02. The topological polar surface area (TPSA) is 81.8 Å². The lowest BCUT2D eigenvalue weighted by Gasteiger charge is -2.13. The van der Waals surface area contributed by atoms with Crippen LogP contribution in [-0.2, 0) is 11.2 Å². The maximum Gasteiger partial charge on any atom is 0.325 e. The van der Waals surface area contributed by atoms with E-state index in [1.54, 1.807) is 12.1 Å². The molecule has 0 aliphatic carbocycles. The molecule has 0 saturated carbocycles.